The third-order valence-corrected chi connectivity index (χ3v) is 6.47. The Balaban J connectivity index is 0.000000284. The number of hydrogen-bond acceptors (Lipinski definition) is 3. The molecule has 1 aliphatic rings. The van der Waals surface area contributed by atoms with Crippen LogP contribution in [0.25, 0.3) is 0 Å². The Morgan fingerprint density at radius 3 is 2.09 bits per heavy atom. The Bertz CT molecular complexity index is 603. The fourth-order valence-electron chi connectivity index (χ4n) is 1.87. The highest BCUT2D eigenvalue weighted by molar-refractivity contribution is 7.86. The summed E-state index contributed by atoms with van der Waals surface area (Å²) in [6.45, 7) is 2.38. The molecule has 0 heterocycles. The standard InChI is InChI=1S/C14H18I.CHF3O3S/c1-12-7-9-13(10-8-12)11-15-14-5-3-2-4-6-14;2-1(3,4)8(5,6)7/h2-6,11-12H,7-10H2,1H3;(H,5,6,7)/q+1;/p-1. The molecule has 3 nitrogen and oxygen atoms in total. The Kier molecular flexibility index (Phi) is 8.02. The van der Waals surface area contributed by atoms with E-state index in [9.17, 15) is 13.2 Å². The molecule has 1 fully saturated rings. The summed E-state index contributed by atoms with van der Waals surface area (Å²) in [4.78, 5) is 0. The summed E-state index contributed by atoms with van der Waals surface area (Å²) in [5.74, 6) is 0.956. The van der Waals surface area contributed by atoms with E-state index in [1.54, 1.807) is 9.14 Å². The van der Waals surface area contributed by atoms with Crippen LogP contribution in [0, 0.1) is 9.49 Å². The van der Waals surface area contributed by atoms with Crippen LogP contribution in [0.3, 0.4) is 0 Å². The monoisotopic (exact) mass is 462 g/mol. The maximum atomic E-state index is 10.7. The number of benzene rings is 1. The van der Waals surface area contributed by atoms with E-state index in [4.69, 9.17) is 13.0 Å². The molecule has 1 aromatic carbocycles. The van der Waals surface area contributed by atoms with Gasteiger partial charge in [-0.1, -0.05) is 25.1 Å². The number of alkyl halides is 3. The zero-order chi connectivity index (χ0) is 17.5. The molecule has 0 radical (unpaired) electrons. The van der Waals surface area contributed by atoms with Gasteiger partial charge in [0.1, 0.15) is 0 Å². The zero-order valence-corrected chi connectivity index (χ0v) is 15.5. The summed E-state index contributed by atoms with van der Waals surface area (Å²) in [6, 6.07) is 10.9. The van der Waals surface area contributed by atoms with Crippen molar-refractivity contribution in [2.45, 2.75) is 38.1 Å². The second kappa shape index (κ2) is 9.03. The average molecular weight is 462 g/mol. The van der Waals surface area contributed by atoms with Crippen molar-refractivity contribution in [2.75, 3.05) is 0 Å². The molecule has 1 aliphatic carbocycles. The molecule has 8 heteroatoms. The summed E-state index contributed by atoms with van der Waals surface area (Å²) in [6.07, 6.45) is 5.52. The summed E-state index contributed by atoms with van der Waals surface area (Å²) in [5.41, 5.74) is -3.92. The van der Waals surface area contributed by atoms with Gasteiger partial charge in [0.05, 0.1) is 0 Å². The predicted octanol–water partition coefficient (Wildman–Crippen LogP) is 1.09. The largest absolute Gasteiger partial charge is 0.741 e. The molecule has 0 unspecified atom stereocenters. The van der Waals surface area contributed by atoms with E-state index in [-0.39, 0.29) is 21.2 Å². The van der Waals surface area contributed by atoms with Crippen molar-refractivity contribution in [1.82, 2.24) is 0 Å². The van der Waals surface area contributed by atoms with Gasteiger partial charge in [0.25, 0.3) is 0 Å². The highest BCUT2D eigenvalue weighted by Gasteiger charge is 2.36. The van der Waals surface area contributed by atoms with Gasteiger partial charge < -0.3 is 4.55 Å². The van der Waals surface area contributed by atoms with E-state index >= 15 is 0 Å². The number of rotatable bonds is 2. The molecule has 2 rings (SSSR count). The Hall–Kier alpha value is -0.610. The van der Waals surface area contributed by atoms with E-state index in [0.29, 0.717) is 0 Å². The molecule has 23 heavy (non-hydrogen) atoms. The van der Waals surface area contributed by atoms with Crippen molar-refractivity contribution in [3.05, 3.63) is 43.6 Å². The van der Waals surface area contributed by atoms with Crippen molar-refractivity contribution >= 4 is 10.1 Å². The van der Waals surface area contributed by atoms with Gasteiger partial charge in [-0.05, 0) is 49.3 Å². The molecule has 0 aliphatic heterocycles. The van der Waals surface area contributed by atoms with Crippen LogP contribution in [0.4, 0.5) is 13.2 Å². The SMILES string of the molecule is CC1CCC(=C[I+]c2ccccc2)CC1.O=S(=O)([O-])C(F)(F)F. The van der Waals surface area contributed by atoms with Crippen LogP contribution < -0.4 is 21.2 Å². The van der Waals surface area contributed by atoms with Crippen LogP contribution >= 0.6 is 0 Å². The quantitative estimate of drug-likeness (QED) is 0.376. The molecule has 0 saturated heterocycles. The highest BCUT2D eigenvalue weighted by Crippen LogP contribution is 2.26. The lowest BCUT2D eigenvalue weighted by atomic mass is 9.88. The predicted molar refractivity (Wildman–Crippen MR) is 76.6 cm³/mol. The number of allylic oxidation sites excluding steroid dienone is 1. The maximum Gasteiger partial charge on any atom is 0.485 e. The van der Waals surface area contributed by atoms with Crippen molar-refractivity contribution in [2.24, 2.45) is 5.92 Å². The Morgan fingerprint density at radius 1 is 1.17 bits per heavy atom. The van der Waals surface area contributed by atoms with E-state index < -0.39 is 15.6 Å². The van der Waals surface area contributed by atoms with Gasteiger partial charge in [-0.15, -0.1) is 0 Å². The second-order valence-corrected chi connectivity index (χ2v) is 9.12. The smallest absolute Gasteiger partial charge is 0.485 e. The van der Waals surface area contributed by atoms with Crippen LogP contribution in [0.1, 0.15) is 32.6 Å². The maximum absolute atomic E-state index is 10.7. The lowest BCUT2D eigenvalue weighted by Crippen LogP contribution is -3.59. The molecule has 130 valence electrons. The lowest BCUT2D eigenvalue weighted by molar-refractivity contribution is -0.557. The van der Waals surface area contributed by atoms with Gasteiger partial charge in [-0.3, -0.25) is 0 Å². The third-order valence-electron chi connectivity index (χ3n) is 3.27. The molecule has 0 bridgehead atoms. The molecule has 0 spiro atoms. The molecule has 1 aromatic rings. The number of halogens is 4. The van der Waals surface area contributed by atoms with E-state index in [2.05, 4.69) is 41.3 Å². The summed E-state index contributed by atoms with van der Waals surface area (Å²) < 4.78 is 63.0. The Morgan fingerprint density at radius 2 is 1.65 bits per heavy atom. The summed E-state index contributed by atoms with van der Waals surface area (Å²) >= 11 is 0.125. The van der Waals surface area contributed by atoms with Crippen LogP contribution in [0.5, 0.6) is 0 Å². The normalized spacial score (nSPS) is 18.8. The minimum absolute atomic E-state index is 0.125. The first-order valence-electron chi connectivity index (χ1n) is 6.98. The first-order chi connectivity index (χ1) is 10.6. The zero-order valence-electron chi connectivity index (χ0n) is 12.5. The van der Waals surface area contributed by atoms with Gasteiger partial charge in [-0.25, -0.2) is 8.42 Å². The molecule has 0 atom stereocenters. The van der Waals surface area contributed by atoms with Gasteiger partial charge >= 0.3 is 26.7 Å². The van der Waals surface area contributed by atoms with Gasteiger partial charge in [0, 0.05) is 0 Å². The van der Waals surface area contributed by atoms with Gasteiger partial charge in [-0.2, -0.15) is 13.2 Å². The van der Waals surface area contributed by atoms with E-state index in [1.165, 1.54) is 25.7 Å². The van der Waals surface area contributed by atoms with Crippen LogP contribution in [-0.4, -0.2) is 18.5 Å². The van der Waals surface area contributed by atoms with E-state index in [0.717, 1.165) is 5.92 Å². The molecular weight excluding hydrogens is 444 g/mol. The van der Waals surface area contributed by atoms with Gasteiger partial charge in [0.15, 0.2) is 17.8 Å². The minimum atomic E-state index is -6.09. The summed E-state index contributed by atoms with van der Waals surface area (Å²) in [7, 11) is -6.09. The molecule has 0 amide bonds. The third kappa shape index (κ3) is 8.16. The molecule has 0 N–H and O–H groups in total. The number of hydrogen-bond donors (Lipinski definition) is 0. The van der Waals surface area contributed by atoms with Crippen LogP contribution in [0.2, 0.25) is 0 Å². The first kappa shape index (κ1) is 20.4. The molecule has 1 saturated carbocycles. The van der Waals surface area contributed by atoms with E-state index in [1.807, 2.05) is 0 Å². The average Bonchev–Trinajstić information content (AvgIpc) is 2.46. The van der Waals surface area contributed by atoms with Crippen molar-refractivity contribution in [1.29, 1.82) is 0 Å². The second-order valence-electron chi connectivity index (χ2n) is 5.25. The molecule has 0 aromatic heterocycles. The fourth-order valence-corrected chi connectivity index (χ4v) is 4.12. The van der Waals surface area contributed by atoms with Crippen LogP contribution in [0.15, 0.2) is 40.0 Å². The van der Waals surface area contributed by atoms with Crippen molar-refractivity contribution < 1.29 is 47.3 Å². The summed E-state index contributed by atoms with van der Waals surface area (Å²) in [5, 5.41) is 0. The minimum Gasteiger partial charge on any atom is -0.741 e. The lowest BCUT2D eigenvalue weighted by Gasteiger charge is -2.17. The molecular formula is C15H18F3IO3S. The van der Waals surface area contributed by atoms with Gasteiger partial charge in [0.2, 0.25) is 0 Å². The fraction of sp³-hybridized carbons (Fsp3) is 0.467. The first-order valence-corrected chi connectivity index (χ1v) is 10.7. The van der Waals surface area contributed by atoms with Crippen molar-refractivity contribution in [3.63, 3.8) is 0 Å². The topological polar surface area (TPSA) is 57.2 Å². The Labute approximate surface area is 145 Å². The highest BCUT2D eigenvalue weighted by atomic mass is 127. The van der Waals surface area contributed by atoms with Crippen molar-refractivity contribution in [3.8, 4) is 0 Å². The van der Waals surface area contributed by atoms with Crippen LogP contribution in [-0.2, 0) is 10.1 Å².